The Morgan fingerprint density at radius 2 is 1.68 bits per heavy atom. The number of carbonyl (C=O) groups is 2. The molecule has 2 amide bonds. The molecule has 2 heterocycles. The zero-order chi connectivity index (χ0) is 20.0. The fourth-order valence-corrected chi connectivity index (χ4v) is 5.39. The van der Waals surface area contributed by atoms with Crippen LogP contribution in [0.5, 0.6) is 0 Å². The van der Waals surface area contributed by atoms with Crippen molar-refractivity contribution in [1.82, 2.24) is 9.80 Å². The van der Waals surface area contributed by atoms with E-state index in [-0.39, 0.29) is 11.8 Å². The Labute approximate surface area is 169 Å². The molecule has 0 aromatic carbocycles. The summed E-state index contributed by atoms with van der Waals surface area (Å²) in [6.45, 7) is 3.83. The summed E-state index contributed by atoms with van der Waals surface area (Å²) < 4.78 is 0. The van der Waals surface area contributed by atoms with Gasteiger partial charge in [-0.1, -0.05) is 32.1 Å². The first kappa shape index (κ1) is 21.6. The summed E-state index contributed by atoms with van der Waals surface area (Å²) in [4.78, 5) is 28.2. The number of nitrogens with two attached hydrogens (primary N) is 1. The number of carbonyl (C=O) groups excluding carboxylic acids is 2. The highest BCUT2D eigenvalue weighted by molar-refractivity contribution is 5.86. The van der Waals surface area contributed by atoms with Crippen molar-refractivity contribution in [2.75, 3.05) is 32.7 Å². The minimum Gasteiger partial charge on any atom is -0.379 e. The molecule has 2 saturated heterocycles. The van der Waals surface area contributed by atoms with Gasteiger partial charge >= 0.3 is 0 Å². The number of rotatable bonds is 8. The first-order valence-electron chi connectivity index (χ1n) is 11.5. The highest BCUT2D eigenvalue weighted by atomic mass is 16.3. The maximum absolute atomic E-state index is 13.0. The molecule has 3 rings (SSSR count). The van der Waals surface area contributed by atoms with E-state index < -0.39 is 5.60 Å². The molecule has 2 aliphatic heterocycles. The van der Waals surface area contributed by atoms with Gasteiger partial charge in [0.25, 0.3) is 5.91 Å². The van der Waals surface area contributed by atoms with Crippen LogP contribution in [-0.2, 0) is 9.59 Å². The van der Waals surface area contributed by atoms with Gasteiger partial charge in [0.05, 0.1) is 0 Å². The van der Waals surface area contributed by atoms with E-state index in [2.05, 4.69) is 4.90 Å². The van der Waals surface area contributed by atoms with Crippen LogP contribution in [0.25, 0.3) is 0 Å². The molecule has 160 valence electrons. The van der Waals surface area contributed by atoms with E-state index in [4.69, 9.17) is 5.73 Å². The molecule has 0 radical (unpaired) electrons. The lowest BCUT2D eigenvalue weighted by Crippen LogP contribution is -2.59. The largest absolute Gasteiger partial charge is 0.379 e. The molecule has 6 heteroatoms. The molecule has 1 saturated carbocycles. The van der Waals surface area contributed by atoms with Gasteiger partial charge in [-0.2, -0.15) is 0 Å². The lowest BCUT2D eigenvalue weighted by atomic mass is 9.85. The van der Waals surface area contributed by atoms with Crippen LogP contribution in [0.1, 0.15) is 77.0 Å². The van der Waals surface area contributed by atoms with E-state index in [9.17, 15) is 14.7 Å². The second-order valence-corrected chi connectivity index (χ2v) is 9.44. The summed E-state index contributed by atoms with van der Waals surface area (Å²) in [6, 6.07) is 0. The molecule has 0 aromatic heterocycles. The van der Waals surface area contributed by atoms with Crippen molar-refractivity contribution >= 4 is 11.8 Å². The number of likely N-dealkylation sites (tertiary alicyclic amines) is 2. The van der Waals surface area contributed by atoms with E-state index in [0.717, 1.165) is 64.2 Å². The summed E-state index contributed by atoms with van der Waals surface area (Å²) in [6.07, 6.45) is 12.5. The van der Waals surface area contributed by atoms with Gasteiger partial charge in [-0.25, -0.2) is 0 Å². The summed E-state index contributed by atoms with van der Waals surface area (Å²) in [5.41, 5.74) is 4.04. The number of hydrogen-bond donors (Lipinski definition) is 2. The van der Waals surface area contributed by atoms with Gasteiger partial charge in [-0.15, -0.1) is 0 Å². The molecule has 0 aromatic rings. The molecule has 1 unspecified atom stereocenters. The fourth-order valence-electron chi connectivity index (χ4n) is 5.39. The summed E-state index contributed by atoms with van der Waals surface area (Å²) in [7, 11) is 0. The maximum Gasteiger partial charge on any atom is 0.255 e. The van der Waals surface area contributed by atoms with Crippen LogP contribution in [0.2, 0.25) is 0 Å². The van der Waals surface area contributed by atoms with Crippen LogP contribution in [0.3, 0.4) is 0 Å². The zero-order valence-electron chi connectivity index (χ0n) is 17.4. The highest BCUT2D eigenvalue weighted by Crippen LogP contribution is 2.30. The summed E-state index contributed by atoms with van der Waals surface area (Å²) in [5, 5.41) is 11.1. The number of piperidine rings is 2. The van der Waals surface area contributed by atoms with Gasteiger partial charge in [0.1, 0.15) is 0 Å². The lowest BCUT2D eigenvalue weighted by Gasteiger charge is -2.42. The summed E-state index contributed by atoms with van der Waals surface area (Å²) in [5.74, 6) is 1.02. The molecule has 0 spiro atoms. The third kappa shape index (κ3) is 5.93. The van der Waals surface area contributed by atoms with E-state index in [1.807, 2.05) is 4.90 Å². The number of hydrogen-bond acceptors (Lipinski definition) is 4. The van der Waals surface area contributed by atoms with Gasteiger partial charge in [0, 0.05) is 26.1 Å². The molecule has 1 atom stereocenters. The Balaban J connectivity index is 1.45. The van der Waals surface area contributed by atoms with Crippen molar-refractivity contribution in [3.05, 3.63) is 0 Å². The normalized spacial score (nSPS) is 28.6. The molecule has 6 nitrogen and oxygen atoms in total. The van der Waals surface area contributed by atoms with Gasteiger partial charge in [-0.05, 0) is 63.5 Å². The third-order valence-corrected chi connectivity index (χ3v) is 7.23. The Hall–Kier alpha value is -1.14. The highest BCUT2D eigenvalue weighted by Gasteiger charge is 2.43. The number of β-amino-alcohol motifs (C(OH)–C–C–N with tert-alkyl or cyclic N) is 1. The minimum absolute atomic E-state index is 0.0505. The Bertz CT molecular complexity index is 527. The van der Waals surface area contributed by atoms with Crippen LogP contribution in [0, 0.1) is 11.8 Å². The molecule has 28 heavy (non-hydrogen) atoms. The Kier molecular flexibility index (Phi) is 7.75. The molecule has 3 aliphatic rings. The second kappa shape index (κ2) is 10.1. The number of amides is 2. The molecule has 1 aliphatic carbocycles. The van der Waals surface area contributed by atoms with Gasteiger partial charge in [0.2, 0.25) is 5.91 Å². The molecule has 3 fully saturated rings. The SMILES string of the molecule is NC(=O)CCC1CCN(CC2(O)CCCN(CCC3CCCCC3)C2=O)CC1. The standard InChI is InChI=1S/C22H39N3O3/c23-20(26)8-7-19-9-14-24(15-10-19)17-22(28)12-4-13-25(21(22)27)16-11-18-5-2-1-3-6-18/h18-19,28H,1-17H2,(H2,23,26). The van der Waals surface area contributed by atoms with E-state index in [1.54, 1.807) is 0 Å². The number of nitrogens with zero attached hydrogens (tertiary/aromatic N) is 2. The Morgan fingerprint density at radius 1 is 1.00 bits per heavy atom. The van der Waals surface area contributed by atoms with E-state index in [0.29, 0.717) is 25.3 Å². The smallest absolute Gasteiger partial charge is 0.255 e. The first-order chi connectivity index (χ1) is 13.5. The molecule has 0 bridgehead atoms. The van der Waals surface area contributed by atoms with Crippen LogP contribution in [0.4, 0.5) is 0 Å². The van der Waals surface area contributed by atoms with Crippen molar-refractivity contribution < 1.29 is 14.7 Å². The van der Waals surface area contributed by atoms with Crippen molar-refractivity contribution in [2.45, 2.75) is 82.7 Å². The average molecular weight is 394 g/mol. The second-order valence-electron chi connectivity index (χ2n) is 9.44. The minimum atomic E-state index is -1.22. The monoisotopic (exact) mass is 393 g/mol. The quantitative estimate of drug-likeness (QED) is 0.662. The van der Waals surface area contributed by atoms with Crippen molar-refractivity contribution in [3.63, 3.8) is 0 Å². The van der Waals surface area contributed by atoms with Crippen LogP contribution in [0.15, 0.2) is 0 Å². The first-order valence-corrected chi connectivity index (χ1v) is 11.5. The molecular formula is C22H39N3O3. The van der Waals surface area contributed by atoms with Crippen molar-refractivity contribution in [3.8, 4) is 0 Å². The van der Waals surface area contributed by atoms with Crippen LogP contribution >= 0.6 is 0 Å². The lowest BCUT2D eigenvalue weighted by molar-refractivity contribution is -0.160. The topological polar surface area (TPSA) is 86.9 Å². The fraction of sp³-hybridized carbons (Fsp3) is 0.909. The van der Waals surface area contributed by atoms with Gasteiger partial charge < -0.3 is 15.7 Å². The van der Waals surface area contributed by atoms with Gasteiger partial charge in [-0.3, -0.25) is 14.5 Å². The Morgan fingerprint density at radius 3 is 2.36 bits per heavy atom. The summed E-state index contributed by atoms with van der Waals surface area (Å²) >= 11 is 0. The third-order valence-electron chi connectivity index (χ3n) is 7.23. The van der Waals surface area contributed by atoms with Crippen LogP contribution < -0.4 is 5.73 Å². The molecule has 3 N–H and O–H groups in total. The molecular weight excluding hydrogens is 354 g/mol. The van der Waals surface area contributed by atoms with Crippen molar-refractivity contribution in [2.24, 2.45) is 17.6 Å². The van der Waals surface area contributed by atoms with Gasteiger partial charge in [0.15, 0.2) is 5.60 Å². The van der Waals surface area contributed by atoms with Crippen LogP contribution in [-0.4, -0.2) is 65.0 Å². The maximum atomic E-state index is 13.0. The number of primary amides is 1. The van der Waals surface area contributed by atoms with Crippen molar-refractivity contribution in [1.29, 1.82) is 0 Å². The zero-order valence-corrected chi connectivity index (χ0v) is 17.4. The van der Waals surface area contributed by atoms with E-state index >= 15 is 0 Å². The average Bonchev–Trinajstić information content (AvgIpc) is 2.69. The van der Waals surface area contributed by atoms with E-state index in [1.165, 1.54) is 32.1 Å². The predicted molar refractivity (Wildman–Crippen MR) is 110 cm³/mol. The predicted octanol–water partition coefficient (Wildman–Crippen LogP) is 2.29. The number of aliphatic hydroxyl groups is 1.